The molecule has 0 spiro atoms. The van der Waals surface area contributed by atoms with Gasteiger partial charge in [0.15, 0.2) is 17.7 Å². The Bertz CT molecular complexity index is 703. The Balaban J connectivity index is 1.98. The summed E-state index contributed by atoms with van der Waals surface area (Å²) in [4.78, 5) is 12.2. The fourth-order valence-corrected chi connectivity index (χ4v) is 2.14. The van der Waals surface area contributed by atoms with Crippen molar-refractivity contribution in [2.45, 2.75) is 32.9 Å². The maximum atomic E-state index is 13.2. The largest absolute Gasteiger partial charge is 0.481 e. The van der Waals surface area contributed by atoms with E-state index in [-0.39, 0.29) is 5.91 Å². The van der Waals surface area contributed by atoms with Crippen LogP contribution in [0.4, 0.5) is 8.78 Å². The summed E-state index contributed by atoms with van der Waals surface area (Å²) in [6.07, 6.45) is -0.704. The molecule has 3 nitrogen and oxygen atoms in total. The Labute approximate surface area is 134 Å². The molecule has 0 aromatic heterocycles. The molecule has 0 saturated carbocycles. The highest BCUT2D eigenvalue weighted by Crippen LogP contribution is 2.17. The molecule has 2 unspecified atom stereocenters. The number of carbonyl (C=O) groups excluding carboxylic acids is 1. The predicted octanol–water partition coefficient (Wildman–Crippen LogP) is 3.92. The van der Waals surface area contributed by atoms with Crippen molar-refractivity contribution in [3.8, 4) is 5.75 Å². The molecular weight excluding hydrogens is 300 g/mol. The number of halogens is 2. The maximum Gasteiger partial charge on any atom is 0.261 e. The Kier molecular flexibility index (Phi) is 5.32. The van der Waals surface area contributed by atoms with E-state index in [1.54, 1.807) is 19.9 Å². The zero-order valence-corrected chi connectivity index (χ0v) is 13.3. The summed E-state index contributed by atoms with van der Waals surface area (Å²) in [5.41, 5.74) is 1.52. The summed E-state index contributed by atoms with van der Waals surface area (Å²) in [5, 5.41) is 2.72. The van der Waals surface area contributed by atoms with Crippen LogP contribution in [-0.4, -0.2) is 12.0 Å². The number of hydrogen-bond donors (Lipinski definition) is 1. The van der Waals surface area contributed by atoms with Crippen LogP contribution in [0.25, 0.3) is 0 Å². The normalized spacial score (nSPS) is 13.3. The summed E-state index contributed by atoms with van der Waals surface area (Å²) in [6.45, 7) is 5.27. The van der Waals surface area contributed by atoms with Crippen LogP contribution in [0.2, 0.25) is 0 Å². The van der Waals surface area contributed by atoms with Crippen LogP contribution < -0.4 is 10.1 Å². The molecule has 122 valence electrons. The van der Waals surface area contributed by atoms with Gasteiger partial charge < -0.3 is 10.1 Å². The molecule has 0 aliphatic rings. The van der Waals surface area contributed by atoms with E-state index in [1.807, 2.05) is 25.1 Å². The molecule has 0 radical (unpaired) electrons. The molecule has 1 amide bonds. The van der Waals surface area contributed by atoms with Crippen molar-refractivity contribution < 1.29 is 18.3 Å². The highest BCUT2D eigenvalue weighted by Gasteiger charge is 2.18. The number of rotatable bonds is 5. The fourth-order valence-electron chi connectivity index (χ4n) is 2.14. The van der Waals surface area contributed by atoms with Crippen molar-refractivity contribution in [3.63, 3.8) is 0 Å². The first-order valence-electron chi connectivity index (χ1n) is 7.35. The summed E-state index contributed by atoms with van der Waals surface area (Å²) in [6, 6.07) is 10.5. The first kappa shape index (κ1) is 16.9. The van der Waals surface area contributed by atoms with Crippen LogP contribution in [0.5, 0.6) is 5.75 Å². The zero-order chi connectivity index (χ0) is 17.0. The molecule has 0 fully saturated rings. The van der Waals surface area contributed by atoms with Gasteiger partial charge in [-0.2, -0.15) is 0 Å². The molecule has 23 heavy (non-hydrogen) atoms. The van der Waals surface area contributed by atoms with Crippen molar-refractivity contribution >= 4 is 5.91 Å². The minimum absolute atomic E-state index is 0.330. The van der Waals surface area contributed by atoms with Gasteiger partial charge in [0.1, 0.15) is 5.75 Å². The van der Waals surface area contributed by atoms with E-state index in [2.05, 4.69) is 5.32 Å². The van der Waals surface area contributed by atoms with Crippen LogP contribution in [0.15, 0.2) is 42.5 Å². The van der Waals surface area contributed by atoms with Gasteiger partial charge in [0.05, 0.1) is 6.04 Å². The molecule has 0 aliphatic carbocycles. The van der Waals surface area contributed by atoms with E-state index in [0.29, 0.717) is 11.3 Å². The number of nitrogens with one attached hydrogen (secondary N) is 1. The lowest BCUT2D eigenvalue weighted by Crippen LogP contribution is -2.37. The summed E-state index contributed by atoms with van der Waals surface area (Å²) >= 11 is 0. The van der Waals surface area contributed by atoms with Gasteiger partial charge in [-0.1, -0.05) is 18.2 Å². The second kappa shape index (κ2) is 7.22. The van der Waals surface area contributed by atoms with Gasteiger partial charge in [-0.25, -0.2) is 8.78 Å². The summed E-state index contributed by atoms with van der Waals surface area (Å²) < 4.78 is 31.8. The fraction of sp³-hybridized carbons (Fsp3) is 0.278. The van der Waals surface area contributed by atoms with E-state index in [9.17, 15) is 13.6 Å². The standard InChI is InChI=1S/C18H19F2NO2/c1-11-5-4-6-15(9-11)23-13(3)18(22)21-12(2)14-7-8-16(19)17(20)10-14/h4-10,12-13H,1-3H3,(H,21,22). The summed E-state index contributed by atoms with van der Waals surface area (Å²) in [7, 11) is 0. The lowest BCUT2D eigenvalue weighted by atomic mass is 10.1. The van der Waals surface area contributed by atoms with Crippen LogP contribution >= 0.6 is 0 Å². The van der Waals surface area contributed by atoms with E-state index < -0.39 is 23.8 Å². The Hall–Kier alpha value is -2.43. The summed E-state index contributed by atoms with van der Waals surface area (Å²) in [5.74, 6) is -1.58. The number of aryl methyl sites for hydroxylation is 1. The second-order valence-corrected chi connectivity index (χ2v) is 5.48. The molecule has 5 heteroatoms. The van der Waals surface area contributed by atoms with E-state index in [0.717, 1.165) is 17.7 Å². The van der Waals surface area contributed by atoms with Crippen molar-refractivity contribution in [1.29, 1.82) is 0 Å². The van der Waals surface area contributed by atoms with Gasteiger partial charge in [-0.3, -0.25) is 4.79 Å². The molecule has 2 aromatic carbocycles. The van der Waals surface area contributed by atoms with Gasteiger partial charge in [-0.15, -0.1) is 0 Å². The smallest absolute Gasteiger partial charge is 0.261 e. The van der Waals surface area contributed by atoms with E-state index >= 15 is 0 Å². The quantitative estimate of drug-likeness (QED) is 0.907. The number of carbonyl (C=O) groups is 1. The third kappa shape index (κ3) is 4.52. The van der Waals surface area contributed by atoms with Crippen LogP contribution in [0.3, 0.4) is 0 Å². The molecule has 2 atom stereocenters. The van der Waals surface area contributed by atoms with Gasteiger partial charge in [0.2, 0.25) is 0 Å². The molecular formula is C18H19F2NO2. The van der Waals surface area contributed by atoms with Crippen LogP contribution in [0, 0.1) is 18.6 Å². The average molecular weight is 319 g/mol. The van der Waals surface area contributed by atoms with Gasteiger partial charge in [0, 0.05) is 0 Å². The van der Waals surface area contributed by atoms with Crippen LogP contribution in [-0.2, 0) is 4.79 Å². The van der Waals surface area contributed by atoms with Crippen LogP contribution in [0.1, 0.15) is 31.0 Å². The molecule has 2 aromatic rings. The van der Waals surface area contributed by atoms with E-state index in [4.69, 9.17) is 4.74 Å². The minimum atomic E-state index is -0.937. The topological polar surface area (TPSA) is 38.3 Å². The Morgan fingerprint density at radius 2 is 1.83 bits per heavy atom. The Morgan fingerprint density at radius 3 is 2.48 bits per heavy atom. The van der Waals surface area contributed by atoms with Gasteiger partial charge in [-0.05, 0) is 56.2 Å². The van der Waals surface area contributed by atoms with Gasteiger partial charge >= 0.3 is 0 Å². The first-order valence-corrected chi connectivity index (χ1v) is 7.35. The lowest BCUT2D eigenvalue weighted by molar-refractivity contribution is -0.127. The molecule has 0 aliphatic heterocycles. The first-order chi connectivity index (χ1) is 10.9. The van der Waals surface area contributed by atoms with E-state index in [1.165, 1.54) is 6.07 Å². The third-order valence-corrected chi connectivity index (χ3v) is 3.47. The van der Waals surface area contributed by atoms with Gasteiger partial charge in [0.25, 0.3) is 5.91 Å². The second-order valence-electron chi connectivity index (χ2n) is 5.48. The molecule has 1 N–H and O–H groups in total. The van der Waals surface area contributed by atoms with Crippen molar-refractivity contribution in [2.24, 2.45) is 0 Å². The SMILES string of the molecule is Cc1cccc(OC(C)C(=O)NC(C)c2ccc(F)c(F)c2)c1. The highest BCUT2D eigenvalue weighted by atomic mass is 19.2. The molecule has 0 heterocycles. The molecule has 0 saturated heterocycles. The minimum Gasteiger partial charge on any atom is -0.481 e. The number of hydrogen-bond acceptors (Lipinski definition) is 2. The number of ether oxygens (including phenoxy) is 1. The monoisotopic (exact) mass is 319 g/mol. The average Bonchev–Trinajstić information content (AvgIpc) is 2.49. The lowest BCUT2D eigenvalue weighted by Gasteiger charge is -2.19. The molecule has 0 bridgehead atoms. The Morgan fingerprint density at radius 1 is 1.09 bits per heavy atom. The van der Waals surface area contributed by atoms with Crippen molar-refractivity contribution in [1.82, 2.24) is 5.32 Å². The number of benzene rings is 2. The van der Waals surface area contributed by atoms with Crippen molar-refractivity contribution in [2.75, 3.05) is 0 Å². The maximum absolute atomic E-state index is 13.2. The third-order valence-electron chi connectivity index (χ3n) is 3.47. The highest BCUT2D eigenvalue weighted by molar-refractivity contribution is 5.81. The molecule has 2 rings (SSSR count). The predicted molar refractivity (Wildman–Crippen MR) is 84.2 cm³/mol. The van der Waals surface area contributed by atoms with Crippen molar-refractivity contribution in [3.05, 3.63) is 65.2 Å². The number of amides is 1. The zero-order valence-electron chi connectivity index (χ0n) is 13.3.